The van der Waals surface area contributed by atoms with Crippen molar-refractivity contribution >= 4 is 26.5 Å². The Morgan fingerprint density at radius 2 is 1.64 bits per heavy atom. The standard InChI is InChI=1S/C17H12FNO2S/c18-14-8-2-1-5-13(14)11-19-15-9-3-6-12-7-4-10-16(17(12)15)22(19,20)21/h1-10H,11H2. The fraction of sp³-hybridized carbons (Fsp3) is 0.0588. The van der Waals surface area contributed by atoms with Crippen LogP contribution in [0.5, 0.6) is 0 Å². The maximum Gasteiger partial charge on any atom is 0.265 e. The van der Waals surface area contributed by atoms with Crippen molar-refractivity contribution in [2.75, 3.05) is 4.31 Å². The third-order valence-corrected chi connectivity index (χ3v) is 5.76. The van der Waals surface area contributed by atoms with Crippen LogP contribution in [0.2, 0.25) is 0 Å². The van der Waals surface area contributed by atoms with Gasteiger partial charge in [-0.1, -0.05) is 42.5 Å². The highest BCUT2D eigenvalue weighted by atomic mass is 32.2. The molecule has 0 radical (unpaired) electrons. The minimum atomic E-state index is -3.65. The monoisotopic (exact) mass is 313 g/mol. The second-order valence-electron chi connectivity index (χ2n) is 5.23. The summed E-state index contributed by atoms with van der Waals surface area (Å²) in [6.45, 7) is -0.0111. The lowest BCUT2D eigenvalue weighted by Gasteiger charge is -2.19. The lowest BCUT2D eigenvalue weighted by atomic mass is 10.1. The number of anilines is 1. The van der Waals surface area contributed by atoms with Gasteiger partial charge in [0.25, 0.3) is 10.0 Å². The van der Waals surface area contributed by atoms with Crippen molar-refractivity contribution in [1.29, 1.82) is 0 Å². The van der Waals surface area contributed by atoms with Gasteiger partial charge in [0.2, 0.25) is 0 Å². The summed E-state index contributed by atoms with van der Waals surface area (Å²) in [6.07, 6.45) is 0. The zero-order valence-electron chi connectivity index (χ0n) is 11.5. The van der Waals surface area contributed by atoms with Crippen LogP contribution in [0.15, 0.2) is 65.6 Å². The van der Waals surface area contributed by atoms with E-state index in [0.717, 1.165) is 5.39 Å². The van der Waals surface area contributed by atoms with Crippen molar-refractivity contribution in [1.82, 2.24) is 0 Å². The summed E-state index contributed by atoms with van der Waals surface area (Å²) >= 11 is 0. The second-order valence-corrected chi connectivity index (χ2v) is 7.07. The highest BCUT2D eigenvalue weighted by Crippen LogP contribution is 2.42. The molecule has 0 saturated heterocycles. The number of rotatable bonds is 2. The van der Waals surface area contributed by atoms with Gasteiger partial charge in [0.1, 0.15) is 5.82 Å². The van der Waals surface area contributed by atoms with Gasteiger partial charge in [-0.05, 0) is 23.6 Å². The molecule has 0 bridgehead atoms. The molecule has 0 fully saturated rings. The molecule has 3 aromatic carbocycles. The van der Waals surface area contributed by atoms with Crippen LogP contribution in [-0.2, 0) is 16.6 Å². The minimum absolute atomic E-state index is 0.0111. The highest BCUT2D eigenvalue weighted by Gasteiger charge is 2.35. The van der Waals surface area contributed by atoms with E-state index in [0.29, 0.717) is 16.6 Å². The topological polar surface area (TPSA) is 37.4 Å². The van der Waals surface area contributed by atoms with Crippen LogP contribution in [0.1, 0.15) is 5.56 Å². The number of nitrogens with zero attached hydrogens (tertiary/aromatic N) is 1. The van der Waals surface area contributed by atoms with Gasteiger partial charge in [-0.25, -0.2) is 12.8 Å². The Kier molecular flexibility index (Phi) is 2.74. The zero-order valence-corrected chi connectivity index (χ0v) is 12.3. The molecule has 1 heterocycles. The van der Waals surface area contributed by atoms with Gasteiger partial charge in [-0.3, -0.25) is 4.31 Å². The maximum absolute atomic E-state index is 13.9. The molecular formula is C17H12FNO2S. The van der Waals surface area contributed by atoms with Gasteiger partial charge in [0, 0.05) is 10.9 Å². The van der Waals surface area contributed by atoms with Crippen LogP contribution in [0.4, 0.5) is 10.1 Å². The molecule has 0 N–H and O–H groups in total. The van der Waals surface area contributed by atoms with Gasteiger partial charge in [-0.15, -0.1) is 0 Å². The zero-order chi connectivity index (χ0) is 15.3. The number of hydrogen-bond acceptors (Lipinski definition) is 2. The molecule has 110 valence electrons. The van der Waals surface area contributed by atoms with E-state index in [4.69, 9.17) is 0 Å². The average molecular weight is 313 g/mol. The Balaban J connectivity index is 1.93. The first-order chi connectivity index (χ1) is 10.6. The third-order valence-electron chi connectivity index (χ3n) is 3.95. The summed E-state index contributed by atoms with van der Waals surface area (Å²) in [4.78, 5) is 0.289. The number of benzene rings is 3. The van der Waals surface area contributed by atoms with Gasteiger partial charge < -0.3 is 0 Å². The summed E-state index contributed by atoms with van der Waals surface area (Å²) < 4.78 is 40.7. The summed E-state index contributed by atoms with van der Waals surface area (Å²) in [5, 5.41) is 1.58. The summed E-state index contributed by atoms with van der Waals surface area (Å²) in [5.41, 5.74) is 0.965. The highest BCUT2D eigenvalue weighted by molar-refractivity contribution is 7.93. The Hall–Kier alpha value is -2.40. The molecular weight excluding hydrogens is 301 g/mol. The molecule has 0 spiro atoms. The molecule has 5 heteroatoms. The first kappa shape index (κ1) is 13.3. The quantitative estimate of drug-likeness (QED) is 0.723. The predicted octanol–water partition coefficient (Wildman–Crippen LogP) is 3.69. The van der Waals surface area contributed by atoms with E-state index in [1.807, 2.05) is 18.2 Å². The van der Waals surface area contributed by atoms with Gasteiger partial charge in [0.05, 0.1) is 17.1 Å². The van der Waals surface area contributed by atoms with Crippen LogP contribution >= 0.6 is 0 Å². The molecule has 3 nitrogen and oxygen atoms in total. The predicted molar refractivity (Wildman–Crippen MR) is 83.7 cm³/mol. The lowest BCUT2D eigenvalue weighted by Crippen LogP contribution is -2.26. The van der Waals surface area contributed by atoms with E-state index < -0.39 is 15.8 Å². The molecule has 3 aromatic rings. The Labute approximate surface area is 127 Å². The Bertz CT molecular complexity index is 993. The fourth-order valence-electron chi connectivity index (χ4n) is 2.91. The average Bonchev–Trinajstić information content (AvgIpc) is 2.73. The van der Waals surface area contributed by atoms with Crippen molar-refractivity contribution in [2.24, 2.45) is 0 Å². The van der Waals surface area contributed by atoms with E-state index in [1.54, 1.807) is 36.4 Å². The largest absolute Gasteiger partial charge is 0.265 e. The number of halogens is 1. The van der Waals surface area contributed by atoms with Crippen LogP contribution in [0.25, 0.3) is 10.8 Å². The Morgan fingerprint density at radius 1 is 0.909 bits per heavy atom. The molecule has 0 amide bonds. The van der Waals surface area contributed by atoms with E-state index in [9.17, 15) is 12.8 Å². The number of sulfonamides is 1. The van der Waals surface area contributed by atoms with E-state index >= 15 is 0 Å². The fourth-order valence-corrected chi connectivity index (χ4v) is 4.60. The summed E-state index contributed by atoms with van der Waals surface area (Å²) in [5.74, 6) is -0.402. The van der Waals surface area contributed by atoms with Gasteiger partial charge in [0.15, 0.2) is 0 Å². The molecule has 22 heavy (non-hydrogen) atoms. The lowest BCUT2D eigenvalue weighted by molar-refractivity contribution is 0.588. The van der Waals surface area contributed by atoms with Crippen molar-refractivity contribution < 1.29 is 12.8 Å². The molecule has 0 unspecified atom stereocenters. The first-order valence-corrected chi connectivity index (χ1v) is 8.31. The normalized spacial score (nSPS) is 15.4. The second kappa shape index (κ2) is 4.55. The molecule has 4 rings (SSSR count). The van der Waals surface area contributed by atoms with Crippen LogP contribution in [0, 0.1) is 5.82 Å². The van der Waals surface area contributed by atoms with E-state index in [-0.39, 0.29) is 11.4 Å². The first-order valence-electron chi connectivity index (χ1n) is 6.87. The van der Waals surface area contributed by atoms with Crippen LogP contribution in [-0.4, -0.2) is 8.42 Å². The van der Waals surface area contributed by atoms with Crippen molar-refractivity contribution in [3.05, 3.63) is 72.0 Å². The maximum atomic E-state index is 13.9. The smallest absolute Gasteiger partial charge is 0.261 e. The van der Waals surface area contributed by atoms with E-state index in [2.05, 4.69) is 0 Å². The van der Waals surface area contributed by atoms with Crippen molar-refractivity contribution in [3.63, 3.8) is 0 Å². The van der Waals surface area contributed by atoms with Crippen LogP contribution in [0.3, 0.4) is 0 Å². The molecule has 1 aliphatic heterocycles. The number of hydrogen-bond donors (Lipinski definition) is 0. The molecule has 0 aliphatic carbocycles. The van der Waals surface area contributed by atoms with Crippen LogP contribution < -0.4 is 4.31 Å². The summed E-state index contributed by atoms with van der Waals surface area (Å²) in [6, 6.07) is 16.9. The summed E-state index contributed by atoms with van der Waals surface area (Å²) in [7, 11) is -3.65. The Morgan fingerprint density at radius 3 is 2.41 bits per heavy atom. The molecule has 0 aromatic heterocycles. The van der Waals surface area contributed by atoms with Gasteiger partial charge >= 0.3 is 0 Å². The van der Waals surface area contributed by atoms with Crippen molar-refractivity contribution in [3.8, 4) is 0 Å². The van der Waals surface area contributed by atoms with E-state index in [1.165, 1.54) is 10.4 Å². The SMILES string of the molecule is O=S1(=O)c2cccc3cccc(c23)N1Cc1ccccc1F. The van der Waals surface area contributed by atoms with Gasteiger partial charge in [-0.2, -0.15) is 0 Å². The molecule has 0 atom stereocenters. The van der Waals surface area contributed by atoms with Crippen molar-refractivity contribution in [2.45, 2.75) is 11.4 Å². The molecule has 1 aliphatic rings. The third kappa shape index (κ3) is 1.75. The molecule has 0 saturated carbocycles. The minimum Gasteiger partial charge on any atom is -0.261 e.